The van der Waals surface area contributed by atoms with Crippen molar-refractivity contribution in [3.05, 3.63) is 34.9 Å². The molecule has 0 aliphatic rings. The van der Waals surface area contributed by atoms with Crippen LogP contribution in [-0.2, 0) is 18.6 Å². The first-order valence-corrected chi connectivity index (χ1v) is 4.98. The monoisotopic (exact) mass is 251 g/mol. The van der Waals surface area contributed by atoms with Crippen molar-refractivity contribution in [1.29, 1.82) is 0 Å². The molecule has 0 unspecified atom stereocenters. The fraction of sp³-hybridized carbons (Fsp3) is 0.500. The number of hydrogen-bond acceptors (Lipinski definition) is 0. The Morgan fingerprint density at radius 2 is 1.53 bits per heavy atom. The molecule has 0 saturated carbocycles. The summed E-state index contributed by atoms with van der Waals surface area (Å²) in [5.74, 6) is -0.796. The van der Waals surface area contributed by atoms with Gasteiger partial charge in [0.15, 0.2) is 0 Å². The van der Waals surface area contributed by atoms with Gasteiger partial charge in [0.05, 0.1) is 0 Å². The van der Waals surface area contributed by atoms with Gasteiger partial charge in [-0.3, -0.25) is 0 Å². The first-order chi connectivity index (χ1) is 6.52. The normalized spacial score (nSPS) is 9.07. The Morgan fingerprint density at radius 3 is 1.93 bits per heavy atom. The van der Waals surface area contributed by atoms with Crippen LogP contribution in [-0.4, -0.2) is 0 Å². The third kappa shape index (κ3) is 4.81. The maximum absolute atomic E-state index is 13.0. The maximum atomic E-state index is 13.0. The van der Waals surface area contributed by atoms with Crippen molar-refractivity contribution < 1.29 is 27.3 Å². The summed E-state index contributed by atoms with van der Waals surface area (Å²) in [6.07, 6.45) is 0. The molecule has 0 spiro atoms. The second-order valence-electron chi connectivity index (χ2n) is 3.26. The molecule has 0 atom stereocenters. The first-order valence-electron chi connectivity index (χ1n) is 4.98. The van der Waals surface area contributed by atoms with E-state index in [0.717, 1.165) is 11.6 Å². The predicted molar refractivity (Wildman–Crippen MR) is 56.5 cm³/mol. The Hall–Kier alpha value is -0.336. The van der Waals surface area contributed by atoms with E-state index in [4.69, 9.17) is 0 Å². The average molecular weight is 251 g/mol. The van der Waals surface area contributed by atoms with Crippen LogP contribution in [0.3, 0.4) is 0 Å². The predicted octanol–water partition coefficient (Wildman–Crippen LogP) is 4.42. The van der Waals surface area contributed by atoms with E-state index in [9.17, 15) is 8.78 Å². The summed E-state index contributed by atoms with van der Waals surface area (Å²) in [4.78, 5) is 0. The molecule has 0 aromatic heterocycles. The van der Waals surface area contributed by atoms with Gasteiger partial charge in [0.25, 0.3) is 0 Å². The zero-order valence-electron chi connectivity index (χ0n) is 9.94. The van der Waals surface area contributed by atoms with Crippen LogP contribution in [0.2, 0.25) is 0 Å². The molecule has 85 valence electrons. The van der Waals surface area contributed by atoms with Gasteiger partial charge in [-0.15, -0.1) is 0 Å². The molecule has 0 saturated heterocycles. The van der Waals surface area contributed by atoms with Crippen molar-refractivity contribution in [2.75, 3.05) is 0 Å². The van der Waals surface area contributed by atoms with Crippen molar-refractivity contribution >= 4 is 0 Å². The first kappa shape index (κ1) is 17.1. The van der Waals surface area contributed by atoms with Crippen LogP contribution in [0.4, 0.5) is 8.78 Å². The van der Waals surface area contributed by atoms with E-state index in [-0.39, 0.29) is 24.5 Å². The molecule has 0 amide bonds. The van der Waals surface area contributed by atoms with Gasteiger partial charge < -0.3 is 0 Å². The molecule has 1 rings (SSSR count). The van der Waals surface area contributed by atoms with Gasteiger partial charge in [0, 0.05) is 24.6 Å². The summed E-state index contributed by atoms with van der Waals surface area (Å²) in [6, 6.07) is 2.31. The average Bonchev–Trinajstić information content (AvgIpc) is 2.14. The number of halogens is 2. The summed E-state index contributed by atoms with van der Waals surface area (Å²) >= 11 is 0. The van der Waals surface area contributed by atoms with Crippen LogP contribution in [0.15, 0.2) is 12.1 Å². The van der Waals surface area contributed by atoms with Crippen molar-refractivity contribution in [3.8, 4) is 0 Å². The van der Waals surface area contributed by atoms with Gasteiger partial charge in [-0.1, -0.05) is 27.7 Å². The van der Waals surface area contributed by atoms with Crippen LogP contribution < -0.4 is 0 Å². The zero-order valence-corrected chi connectivity index (χ0v) is 11.3. The van der Waals surface area contributed by atoms with Crippen LogP contribution in [0.25, 0.3) is 0 Å². The summed E-state index contributed by atoms with van der Waals surface area (Å²) in [5.41, 5.74) is 1.29. The van der Waals surface area contributed by atoms with Crippen LogP contribution >= 0.6 is 0 Å². The number of rotatable bonds is 1. The molecule has 0 fully saturated rings. The van der Waals surface area contributed by atoms with Gasteiger partial charge in [-0.25, -0.2) is 8.78 Å². The summed E-state index contributed by atoms with van der Waals surface area (Å²) < 4.78 is 25.7. The van der Waals surface area contributed by atoms with E-state index in [1.54, 1.807) is 6.92 Å². The minimum atomic E-state index is -0.498. The summed E-state index contributed by atoms with van der Waals surface area (Å²) in [7, 11) is 0. The SMILES string of the molecule is CC.Cc1c(F)cc(F)cc1C(C)C.[V]. The fourth-order valence-corrected chi connectivity index (χ4v) is 1.27. The van der Waals surface area contributed by atoms with E-state index in [2.05, 4.69) is 0 Å². The van der Waals surface area contributed by atoms with Gasteiger partial charge >= 0.3 is 0 Å². The zero-order chi connectivity index (χ0) is 11.3. The van der Waals surface area contributed by atoms with Gasteiger partial charge in [-0.2, -0.15) is 0 Å². The quantitative estimate of drug-likeness (QED) is 0.693. The summed E-state index contributed by atoms with van der Waals surface area (Å²) in [5, 5.41) is 0. The fourth-order valence-electron chi connectivity index (χ4n) is 1.27. The third-order valence-corrected chi connectivity index (χ3v) is 1.97. The Morgan fingerprint density at radius 1 is 1.07 bits per heavy atom. The molecule has 0 N–H and O–H groups in total. The molecule has 3 heteroatoms. The van der Waals surface area contributed by atoms with Crippen molar-refractivity contribution in [3.63, 3.8) is 0 Å². The molecule has 0 aliphatic carbocycles. The standard InChI is InChI=1S/C10H12F2.C2H6.V/c1-6(2)9-4-8(11)5-10(12)7(9)3;1-2;/h4-6H,1-3H3;1-2H3;. The van der Waals surface area contributed by atoms with E-state index >= 15 is 0 Å². The molecular weight excluding hydrogens is 233 g/mol. The largest absolute Gasteiger partial charge is 0.207 e. The Balaban J connectivity index is 0. The second-order valence-corrected chi connectivity index (χ2v) is 3.26. The Labute approximate surface area is 103 Å². The topological polar surface area (TPSA) is 0 Å². The maximum Gasteiger partial charge on any atom is 0.129 e. The smallest absolute Gasteiger partial charge is 0.129 e. The van der Waals surface area contributed by atoms with E-state index < -0.39 is 11.6 Å². The summed E-state index contributed by atoms with van der Waals surface area (Å²) in [6.45, 7) is 9.51. The molecule has 1 aromatic rings. The molecule has 0 heterocycles. The van der Waals surface area contributed by atoms with E-state index in [1.807, 2.05) is 27.7 Å². The van der Waals surface area contributed by atoms with Gasteiger partial charge in [0.1, 0.15) is 11.6 Å². The Kier molecular flexibility index (Phi) is 8.98. The molecule has 0 bridgehead atoms. The van der Waals surface area contributed by atoms with Crippen LogP contribution in [0.1, 0.15) is 44.7 Å². The van der Waals surface area contributed by atoms with Crippen molar-refractivity contribution in [2.45, 2.75) is 40.5 Å². The number of hydrogen-bond donors (Lipinski definition) is 0. The Bertz CT molecular complexity index is 296. The minimum Gasteiger partial charge on any atom is -0.207 e. The van der Waals surface area contributed by atoms with E-state index in [0.29, 0.717) is 5.56 Å². The molecule has 0 aliphatic heterocycles. The molecule has 1 aromatic carbocycles. The minimum absolute atomic E-state index is 0. The van der Waals surface area contributed by atoms with Crippen molar-refractivity contribution in [1.82, 2.24) is 0 Å². The van der Waals surface area contributed by atoms with E-state index in [1.165, 1.54) is 6.07 Å². The van der Waals surface area contributed by atoms with Gasteiger partial charge in [-0.05, 0) is 30.0 Å². The third-order valence-electron chi connectivity index (χ3n) is 1.97. The number of benzene rings is 1. The molecule has 15 heavy (non-hydrogen) atoms. The second kappa shape index (κ2) is 7.89. The molecular formula is C12H18F2V. The van der Waals surface area contributed by atoms with Crippen molar-refractivity contribution in [2.24, 2.45) is 0 Å². The molecule has 0 nitrogen and oxygen atoms in total. The molecule has 1 radical (unpaired) electrons. The van der Waals surface area contributed by atoms with Crippen LogP contribution in [0.5, 0.6) is 0 Å². The van der Waals surface area contributed by atoms with Crippen LogP contribution in [0, 0.1) is 18.6 Å². The van der Waals surface area contributed by atoms with Gasteiger partial charge in [0.2, 0.25) is 0 Å².